The van der Waals surface area contributed by atoms with Crippen LogP contribution < -0.4 is 10.6 Å². The van der Waals surface area contributed by atoms with Crippen molar-refractivity contribution in [2.75, 3.05) is 18.5 Å². The summed E-state index contributed by atoms with van der Waals surface area (Å²) in [5.41, 5.74) is 5.88. The standard InChI is InChI=1S/C23H30N6O/c1-17(8-12-30)22(19-5-9-23(3,4)10-6-19)25-15-24-14-18(2)27-20-7-11-29-16-26-28-21(29)13-20/h5,7-8,11-13,16,24,27H,2,6,9-10,14-15H2,1,3-4H3/b17-8-,25-22?. The molecule has 2 aromatic heterocycles. The molecule has 0 saturated heterocycles. The van der Waals surface area contributed by atoms with Crippen molar-refractivity contribution in [1.29, 1.82) is 0 Å². The first kappa shape index (κ1) is 21.6. The van der Waals surface area contributed by atoms with E-state index in [1.54, 1.807) is 12.4 Å². The quantitative estimate of drug-likeness (QED) is 0.285. The lowest BCUT2D eigenvalue weighted by Crippen LogP contribution is -2.23. The summed E-state index contributed by atoms with van der Waals surface area (Å²) in [7, 11) is 0. The van der Waals surface area contributed by atoms with E-state index in [1.807, 2.05) is 29.7 Å². The molecule has 3 rings (SSSR count). The number of aliphatic imine (C=N–C) groups is 1. The van der Waals surface area contributed by atoms with Crippen LogP contribution in [0.2, 0.25) is 0 Å². The van der Waals surface area contributed by atoms with Crippen LogP contribution in [0, 0.1) is 5.41 Å². The molecule has 0 spiro atoms. The maximum absolute atomic E-state index is 11.0. The van der Waals surface area contributed by atoms with Gasteiger partial charge in [0.15, 0.2) is 5.65 Å². The summed E-state index contributed by atoms with van der Waals surface area (Å²) >= 11 is 0. The molecule has 2 aromatic rings. The number of carbonyl (C=O) groups is 1. The Balaban J connectivity index is 1.57. The molecule has 0 unspecified atom stereocenters. The zero-order valence-electron chi connectivity index (χ0n) is 18.0. The second kappa shape index (κ2) is 9.63. The minimum Gasteiger partial charge on any atom is -0.358 e. The molecule has 2 N–H and O–H groups in total. The number of aldehydes is 1. The third-order valence-corrected chi connectivity index (χ3v) is 5.28. The molecule has 0 saturated carbocycles. The average molecular weight is 407 g/mol. The van der Waals surface area contributed by atoms with E-state index in [2.05, 4.69) is 47.3 Å². The highest BCUT2D eigenvalue weighted by Crippen LogP contribution is 2.35. The van der Waals surface area contributed by atoms with E-state index in [0.717, 1.165) is 53.9 Å². The lowest BCUT2D eigenvalue weighted by Gasteiger charge is -2.29. The molecule has 0 aliphatic heterocycles. The summed E-state index contributed by atoms with van der Waals surface area (Å²) in [5, 5.41) is 14.5. The first-order chi connectivity index (χ1) is 14.4. The number of anilines is 1. The summed E-state index contributed by atoms with van der Waals surface area (Å²) in [5.74, 6) is 0. The first-order valence-electron chi connectivity index (χ1n) is 10.2. The van der Waals surface area contributed by atoms with Gasteiger partial charge in [0.05, 0.1) is 12.4 Å². The van der Waals surface area contributed by atoms with Crippen molar-refractivity contribution in [1.82, 2.24) is 19.9 Å². The number of hydrogen-bond donors (Lipinski definition) is 2. The third-order valence-electron chi connectivity index (χ3n) is 5.28. The Bertz CT molecular complexity index is 1010. The summed E-state index contributed by atoms with van der Waals surface area (Å²) in [4.78, 5) is 15.7. The molecule has 1 aliphatic carbocycles. The SMILES string of the molecule is C=C(CNCN=C(C1=CCC(C)(C)CC1)/C(C)=C\C=O)Nc1ccn2cnnc2c1. The fraction of sp³-hybridized carbons (Fsp3) is 0.391. The maximum atomic E-state index is 11.0. The number of carbonyl (C=O) groups excluding carboxylic acids is 1. The fourth-order valence-corrected chi connectivity index (χ4v) is 3.44. The van der Waals surface area contributed by atoms with E-state index in [9.17, 15) is 4.79 Å². The van der Waals surface area contributed by atoms with Gasteiger partial charge in [-0.2, -0.15) is 0 Å². The van der Waals surface area contributed by atoms with E-state index < -0.39 is 0 Å². The number of pyridine rings is 1. The number of aromatic nitrogens is 3. The molecule has 30 heavy (non-hydrogen) atoms. The minimum atomic E-state index is 0.327. The highest BCUT2D eigenvalue weighted by Gasteiger charge is 2.23. The Morgan fingerprint density at radius 2 is 2.27 bits per heavy atom. The van der Waals surface area contributed by atoms with Crippen molar-refractivity contribution in [2.24, 2.45) is 10.4 Å². The van der Waals surface area contributed by atoms with Gasteiger partial charge in [-0.15, -0.1) is 10.2 Å². The first-order valence-corrected chi connectivity index (χ1v) is 10.2. The van der Waals surface area contributed by atoms with E-state index in [0.29, 0.717) is 18.6 Å². The lowest BCUT2D eigenvalue weighted by atomic mass is 9.77. The van der Waals surface area contributed by atoms with Crippen LogP contribution in [0.15, 0.2) is 65.2 Å². The molecule has 2 heterocycles. The smallest absolute Gasteiger partial charge is 0.162 e. The maximum Gasteiger partial charge on any atom is 0.162 e. The summed E-state index contributed by atoms with van der Waals surface area (Å²) in [6, 6.07) is 3.86. The number of fused-ring (bicyclic) bond motifs is 1. The van der Waals surface area contributed by atoms with E-state index in [4.69, 9.17) is 4.99 Å². The van der Waals surface area contributed by atoms with Crippen LogP contribution in [0.3, 0.4) is 0 Å². The Hall–Kier alpha value is -3.06. The van der Waals surface area contributed by atoms with Crippen molar-refractivity contribution in [3.8, 4) is 0 Å². The van der Waals surface area contributed by atoms with E-state index in [1.165, 1.54) is 5.57 Å². The predicted octanol–water partition coefficient (Wildman–Crippen LogP) is 3.92. The zero-order chi connectivity index (χ0) is 21.6. The number of hydrogen-bond acceptors (Lipinski definition) is 6. The van der Waals surface area contributed by atoms with Gasteiger partial charge in [-0.25, -0.2) is 0 Å². The van der Waals surface area contributed by atoms with Crippen molar-refractivity contribution in [2.45, 2.75) is 40.0 Å². The van der Waals surface area contributed by atoms with Crippen LogP contribution in [-0.4, -0.2) is 39.8 Å². The Morgan fingerprint density at radius 1 is 1.43 bits per heavy atom. The van der Waals surface area contributed by atoms with Crippen molar-refractivity contribution >= 4 is 23.3 Å². The fourth-order valence-electron chi connectivity index (χ4n) is 3.44. The largest absolute Gasteiger partial charge is 0.358 e. The summed E-state index contributed by atoms with van der Waals surface area (Å²) in [6.07, 6.45) is 11.4. The number of rotatable bonds is 9. The van der Waals surface area contributed by atoms with Crippen LogP contribution >= 0.6 is 0 Å². The van der Waals surface area contributed by atoms with Crippen molar-refractivity contribution < 1.29 is 4.79 Å². The molecule has 0 fully saturated rings. The van der Waals surface area contributed by atoms with Crippen LogP contribution in [-0.2, 0) is 4.79 Å². The van der Waals surface area contributed by atoms with Gasteiger partial charge in [0.1, 0.15) is 12.6 Å². The molecule has 7 heteroatoms. The normalized spacial score (nSPS) is 17.0. The van der Waals surface area contributed by atoms with Crippen LogP contribution in [0.4, 0.5) is 5.69 Å². The molecule has 0 aromatic carbocycles. The highest BCUT2D eigenvalue weighted by molar-refractivity contribution is 6.13. The van der Waals surface area contributed by atoms with Gasteiger partial charge in [0.25, 0.3) is 0 Å². The second-order valence-corrected chi connectivity index (χ2v) is 8.42. The number of nitrogens with zero attached hydrogens (tertiary/aromatic N) is 4. The van der Waals surface area contributed by atoms with E-state index >= 15 is 0 Å². The Morgan fingerprint density at radius 3 is 3.00 bits per heavy atom. The van der Waals surface area contributed by atoms with Gasteiger partial charge in [0.2, 0.25) is 0 Å². The monoisotopic (exact) mass is 406 g/mol. The predicted molar refractivity (Wildman–Crippen MR) is 122 cm³/mol. The summed E-state index contributed by atoms with van der Waals surface area (Å²) in [6.45, 7) is 11.6. The topological polar surface area (TPSA) is 83.7 Å². The molecule has 7 nitrogen and oxygen atoms in total. The lowest BCUT2D eigenvalue weighted by molar-refractivity contribution is -0.104. The zero-order valence-corrected chi connectivity index (χ0v) is 18.0. The number of allylic oxidation sites excluding steroid dienone is 4. The molecular formula is C23H30N6O. The minimum absolute atomic E-state index is 0.327. The second-order valence-electron chi connectivity index (χ2n) is 8.42. The van der Waals surface area contributed by atoms with Crippen LogP contribution in [0.5, 0.6) is 0 Å². The van der Waals surface area contributed by atoms with Gasteiger partial charge >= 0.3 is 0 Å². The molecule has 0 atom stereocenters. The highest BCUT2D eigenvalue weighted by atomic mass is 16.1. The number of nitrogens with one attached hydrogen (secondary N) is 2. The molecule has 0 amide bonds. The Kier molecular flexibility index (Phi) is 6.95. The van der Waals surface area contributed by atoms with Gasteiger partial charge < -0.3 is 5.32 Å². The molecule has 158 valence electrons. The van der Waals surface area contributed by atoms with Crippen LogP contribution in [0.1, 0.15) is 40.0 Å². The molecule has 1 aliphatic rings. The summed E-state index contributed by atoms with van der Waals surface area (Å²) < 4.78 is 1.85. The van der Waals surface area contributed by atoms with Crippen molar-refractivity contribution in [3.63, 3.8) is 0 Å². The van der Waals surface area contributed by atoms with E-state index in [-0.39, 0.29) is 0 Å². The van der Waals surface area contributed by atoms with Gasteiger partial charge in [0, 0.05) is 30.2 Å². The molecule has 0 radical (unpaired) electrons. The average Bonchev–Trinajstić information content (AvgIpc) is 3.16. The van der Waals surface area contributed by atoms with Gasteiger partial charge in [-0.05, 0) is 54.9 Å². The Labute approximate surface area is 177 Å². The van der Waals surface area contributed by atoms with Gasteiger partial charge in [-0.1, -0.05) is 26.5 Å². The van der Waals surface area contributed by atoms with Gasteiger partial charge in [-0.3, -0.25) is 19.5 Å². The molecular weight excluding hydrogens is 376 g/mol. The third kappa shape index (κ3) is 5.73. The van der Waals surface area contributed by atoms with Crippen molar-refractivity contribution in [3.05, 3.63) is 60.2 Å². The van der Waals surface area contributed by atoms with Crippen LogP contribution in [0.25, 0.3) is 5.65 Å². The molecule has 0 bridgehead atoms.